The fourth-order valence-corrected chi connectivity index (χ4v) is 2.25. The summed E-state index contributed by atoms with van der Waals surface area (Å²) in [6, 6.07) is 11.8. The van der Waals surface area contributed by atoms with E-state index in [-0.39, 0.29) is 11.6 Å². The van der Waals surface area contributed by atoms with Gasteiger partial charge in [0.15, 0.2) is 5.78 Å². The number of halogens is 1. The summed E-state index contributed by atoms with van der Waals surface area (Å²) < 4.78 is 13.3. The number of aromatic nitrogens is 1. The van der Waals surface area contributed by atoms with Crippen LogP contribution in [0.5, 0.6) is 0 Å². The van der Waals surface area contributed by atoms with Gasteiger partial charge in [-0.3, -0.25) is 4.79 Å². The van der Waals surface area contributed by atoms with Crippen LogP contribution >= 0.6 is 0 Å². The van der Waals surface area contributed by atoms with Crippen molar-refractivity contribution in [1.82, 2.24) is 4.98 Å². The Hall–Kier alpha value is -2.42. The summed E-state index contributed by atoms with van der Waals surface area (Å²) in [4.78, 5) is 15.5. The van der Waals surface area contributed by atoms with E-state index in [1.165, 1.54) is 12.1 Å². The standard InChI is InChI=1S/C16H12FNO/c1-10-4-2-3-5-12(10)16(19)14-9-18-15-7-6-11(17)8-13(14)15/h2-9,18H,1H3. The average molecular weight is 253 g/mol. The molecule has 0 saturated heterocycles. The molecule has 1 aromatic heterocycles. The van der Waals surface area contributed by atoms with Gasteiger partial charge in [-0.25, -0.2) is 4.39 Å². The molecule has 0 saturated carbocycles. The number of hydrogen-bond donors (Lipinski definition) is 1. The van der Waals surface area contributed by atoms with Crippen molar-refractivity contribution in [3.8, 4) is 0 Å². The number of ketones is 1. The molecule has 0 unspecified atom stereocenters. The van der Waals surface area contributed by atoms with Crippen molar-refractivity contribution >= 4 is 16.7 Å². The molecule has 0 atom stereocenters. The van der Waals surface area contributed by atoms with Gasteiger partial charge >= 0.3 is 0 Å². The van der Waals surface area contributed by atoms with E-state index in [2.05, 4.69) is 4.98 Å². The van der Waals surface area contributed by atoms with Gasteiger partial charge in [-0.2, -0.15) is 0 Å². The highest BCUT2D eigenvalue weighted by molar-refractivity contribution is 6.16. The van der Waals surface area contributed by atoms with Gasteiger partial charge in [-0.1, -0.05) is 24.3 Å². The van der Waals surface area contributed by atoms with E-state index in [1.807, 2.05) is 25.1 Å². The molecule has 3 aromatic rings. The number of rotatable bonds is 2. The maximum Gasteiger partial charge on any atom is 0.195 e. The summed E-state index contributed by atoms with van der Waals surface area (Å²) >= 11 is 0. The topological polar surface area (TPSA) is 32.9 Å². The van der Waals surface area contributed by atoms with Crippen LogP contribution in [0.4, 0.5) is 4.39 Å². The molecular formula is C16H12FNO. The van der Waals surface area contributed by atoms with Gasteiger partial charge < -0.3 is 4.98 Å². The van der Waals surface area contributed by atoms with E-state index in [1.54, 1.807) is 18.3 Å². The Bertz CT molecular complexity index is 773. The van der Waals surface area contributed by atoms with Gasteiger partial charge in [0.05, 0.1) is 0 Å². The molecule has 2 nitrogen and oxygen atoms in total. The lowest BCUT2D eigenvalue weighted by molar-refractivity contribution is 0.104. The lowest BCUT2D eigenvalue weighted by atomic mass is 9.99. The number of aryl methyl sites for hydroxylation is 1. The molecule has 19 heavy (non-hydrogen) atoms. The van der Waals surface area contributed by atoms with Gasteiger partial charge in [0.2, 0.25) is 0 Å². The van der Waals surface area contributed by atoms with E-state index in [0.717, 1.165) is 11.1 Å². The smallest absolute Gasteiger partial charge is 0.195 e. The Morgan fingerprint density at radius 2 is 1.89 bits per heavy atom. The molecule has 0 aliphatic carbocycles. The van der Waals surface area contributed by atoms with Crippen LogP contribution in [0, 0.1) is 12.7 Å². The molecule has 3 rings (SSSR count). The van der Waals surface area contributed by atoms with Gasteiger partial charge in [0, 0.05) is 28.2 Å². The predicted molar refractivity (Wildman–Crippen MR) is 72.9 cm³/mol. The lowest BCUT2D eigenvalue weighted by Gasteiger charge is -2.03. The zero-order valence-corrected chi connectivity index (χ0v) is 10.4. The third-order valence-electron chi connectivity index (χ3n) is 3.28. The van der Waals surface area contributed by atoms with E-state index < -0.39 is 0 Å². The predicted octanol–water partition coefficient (Wildman–Crippen LogP) is 3.85. The van der Waals surface area contributed by atoms with Gasteiger partial charge in [0.1, 0.15) is 5.82 Å². The van der Waals surface area contributed by atoms with Crippen molar-refractivity contribution in [3.05, 3.63) is 71.2 Å². The highest BCUT2D eigenvalue weighted by atomic mass is 19.1. The van der Waals surface area contributed by atoms with E-state index in [4.69, 9.17) is 0 Å². The Labute approximate surface area is 109 Å². The summed E-state index contributed by atoms with van der Waals surface area (Å²) in [5.41, 5.74) is 2.83. The van der Waals surface area contributed by atoms with Gasteiger partial charge in [0.25, 0.3) is 0 Å². The molecule has 94 valence electrons. The number of aromatic amines is 1. The minimum atomic E-state index is -0.342. The molecule has 0 amide bonds. The summed E-state index contributed by atoms with van der Waals surface area (Å²) in [7, 11) is 0. The number of fused-ring (bicyclic) bond motifs is 1. The summed E-state index contributed by atoms with van der Waals surface area (Å²) in [6.45, 7) is 1.89. The molecule has 1 N–H and O–H groups in total. The van der Waals surface area contributed by atoms with Crippen LogP contribution in [-0.2, 0) is 0 Å². The third kappa shape index (κ3) is 1.93. The SMILES string of the molecule is Cc1ccccc1C(=O)c1c[nH]c2ccc(F)cc12. The van der Waals surface area contributed by atoms with E-state index >= 15 is 0 Å². The molecule has 0 fully saturated rings. The quantitative estimate of drug-likeness (QED) is 0.691. The molecule has 0 aliphatic heterocycles. The third-order valence-corrected chi connectivity index (χ3v) is 3.28. The Morgan fingerprint density at radius 3 is 2.68 bits per heavy atom. The lowest BCUT2D eigenvalue weighted by Crippen LogP contribution is -2.02. The first-order valence-corrected chi connectivity index (χ1v) is 6.04. The van der Waals surface area contributed by atoms with Crippen LogP contribution in [0.25, 0.3) is 10.9 Å². The normalized spacial score (nSPS) is 10.8. The number of hydrogen-bond acceptors (Lipinski definition) is 1. The first-order valence-electron chi connectivity index (χ1n) is 6.04. The molecular weight excluding hydrogens is 241 g/mol. The Morgan fingerprint density at radius 1 is 1.11 bits per heavy atom. The zero-order chi connectivity index (χ0) is 13.4. The number of carbonyl (C=O) groups is 1. The van der Waals surface area contributed by atoms with E-state index in [0.29, 0.717) is 16.5 Å². The fourth-order valence-electron chi connectivity index (χ4n) is 2.25. The van der Waals surface area contributed by atoms with Crippen molar-refractivity contribution in [1.29, 1.82) is 0 Å². The highest BCUT2D eigenvalue weighted by Crippen LogP contribution is 2.23. The molecule has 0 radical (unpaired) electrons. The van der Waals surface area contributed by atoms with Gasteiger partial charge in [-0.15, -0.1) is 0 Å². The first kappa shape index (κ1) is 11.7. The van der Waals surface area contributed by atoms with Crippen molar-refractivity contribution in [2.45, 2.75) is 6.92 Å². The Balaban J connectivity index is 2.17. The minimum Gasteiger partial charge on any atom is -0.360 e. The molecule has 0 aliphatic rings. The summed E-state index contributed by atoms with van der Waals surface area (Å²) in [6.07, 6.45) is 1.64. The molecule has 2 aromatic carbocycles. The molecule has 3 heteroatoms. The highest BCUT2D eigenvalue weighted by Gasteiger charge is 2.15. The first-order chi connectivity index (χ1) is 9.16. The number of benzene rings is 2. The fraction of sp³-hybridized carbons (Fsp3) is 0.0625. The van der Waals surface area contributed by atoms with Crippen molar-refractivity contribution in [2.24, 2.45) is 0 Å². The van der Waals surface area contributed by atoms with Crippen molar-refractivity contribution in [2.75, 3.05) is 0 Å². The van der Waals surface area contributed by atoms with Crippen LogP contribution < -0.4 is 0 Å². The number of H-pyrrole nitrogens is 1. The molecule has 0 bridgehead atoms. The van der Waals surface area contributed by atoms with Crippen LogP contribution in [0.2, 0.25) is 0 Å². The summed E-state index contributed by atoms with van der Waals surface area (Å²) in [5.74, 6) is -0.430. The van der Waals surface area contributed by atoms with Crippen LogP contribution in [-0.4, -0.2) is 10.8 Å². The van der Waals surface area contributed by atoms with Crippen molar-refractivity contribution < 1.29 is 9.18 Å². The minimum absolute atomic E-state index is 0.0880. The maximum absolute atomic E-state index is 13.3. The van der Waals surface area contributed by atoms with Crippen LogP contribution in [0.1, 0.15) is 21.5 Å². The van der Waals surface area contributed by atoms with Gasteiger partial charge in [-0.05, 0) is 30.7 Å². The van der Waals surface area contributed by atoms with Crippen LogP contribution in [0.3, 0.4) is 0 Å². The number of carbonyl (C=O) groups excluding carboxylic acids is 1. The molecule has 1 heterocycles. The second-order valence-corrected chi connectivity index (χ2v) is 4.54. The van der Waals surface area contributed by atoms with E-state index in [9.17, 15) is 9.18 Å². The second kappa shape index (κ2) is 4.35. The zero-order valence-electron chi connectivity index (χ0n) is 10.4. The average Bonchev–Trinajstić information content (AvgIpc) is 2.81. The monoisotopic (exact) mass is 253 g/mol. The number of nitrogens with one attached hydrogen (secondary N) is 1. The summed E-state index contributed by atoms with van der Waals surface area (Å²) in [5, 5.41) is 0.619. The maximum atomic E-state index is 13.3. The largest absolute Gasteiger partial charge is 0.360 e. The van der Waals surface area contributed by atoms with Crippen molar-refractivity contribution in [3.63, 3.8) is 0 Å². The second-order valence-electron chi connectivity index (χ2n) is 4.54. The Kier molecular flexibility index (Phi) is 2.67. The van der Waals surface area contributed by atoms with Crippen LogP contribution in [0.15, 0.2) is 48.7 Å². The molecule has 0 spiro atoms.